The number of nitrogens with zero attached hydrogens (tertiary/aromatic N) is 1. The van der Waals surface area contributed by atoms with E-state index in [1.54, 1.807) is 6.92 Å². The molecular weight excluding hydrogens is 172 g/mol. The number of carbonyl (C=O) groups excluding carboxylic acids is 1. The van der Waals surface area contributed by atoms with E-state index in [1.807, 2.05) is 0 Å². The molecule has 1 aliphatic rings. The summed E-state index contributed by atoms with van der Waals surface area (Å²) in [6, 6.07) is 0. The molecule has 0 radical (unpaired) electrons. The van der Waals surface area contributed by atoms with Crippen molar-refractivity contribution >= 4 is 11.9 Å². The Morgan fingerprint density at radius 1 is 1.54 bits per heavy atom. The van der Waals surface area contributed by atoms with Gasteiger partial charge in [-0.05, 0) is 19.8 Å². The lowest BCUT2D eigenvalue weighted by Crippen LogP contribution is -2.55. The summed E-state index contributed by atoms with van der Waals surface area (Å²) in [5, 5.41) is 10.5. The zero-order valence-electron chi connectivity index (χ0n) is 7.83. The van der Waals surface area contributed by atoms with Gasteiger partial charge in [-0.1, -0.05) is 0 Å². The van der Waals surface area contributed by atoms with Gasteiger partial charge in [-0.25, -0.2) is 5.01 Å². The lowest BCUT2D eigenvalue weighted by molar-refractivity contribution is -0.151. The number of carbonyl (C=O) groups is 2. The van der Waals surface area contributed by atoms with Crippen molar-refractivity contribution in [1.82, 2.24) is 10.4 Å². The molecule has 13 heavy (non-hydrogen) atoms. The van der Waals surface area contributed by atoms with E-state index in [0.717, 1.165) is 6.42 Å². The van der Waals surface area contributed by atoms with Gasteiger partial charge in [-0.2, -0.15) is 0 Å². The predicted octanol–water partition coefficient (Wildman–Crippen LogP) is -0.0234. The molecule has 0 bridgehead atoms. The van der Waals surface area contributed by atoms with E-state index < -0.39 is 11.5 Å². The van der Waals surface area contributed by atoms with Gasteiger partial charge >= 0.3 is 5.97 Å². The van der Waals surface area contributed by atoms with Crippen molar-refractivity contribution in [1.29, 1.82) is 0 Å². The van der Waals surface area contributed by atoms with E-state index in [2.05, 4.69) is 5.43 Å². The Morgan fingerprint density at radius 3 is 2.62 bits per heavy atom. The van der Waals surface area contributed by atoms with Crippen LogP contribution in [0.15, 0.2) is 0 Å². The van der Waals surface area contributed by atoms with Gasteiger partial charge in [-0.3, -0.25) is 15.0 Å². The first-order valence-electron chi connectivity index (χ1n) is 4.25. The number of aliphatic carboxylic acids is 1. The Bertz CT molecular complexity index is 242. The van der Waals surface area contributed by atoms with Gasteiger partial charge < -0.3 is 5.11 Å². The average Bonchev–Trinajstić information content (AvgIpc) is 2.33. The van der Waals surface area contributed by atoms with Crippen molar-refractivity contribution in [3.63, 3.8) is 0 Å². The van der Waals surface area contributed by atoms with E-state index in [4.69, 9.17) is 5.11 Å². The highest BCUT2D eigenvalue weighted by Crippen LogP contribution is 2.26. The Kier molecular flexibility index (Phi) is 2.56. The third-order valence-electron chi connectivity index (χ3n) is 2.39. The second-order valence-electron chi connectivity index (χ2n) is 3.50. The molecule has 1 atom stereocenters. The maximum atomic E-state index is 10.9. The van der Waals surface area contributed by atoms with Crippen LogP contribution in [0.3, 0.4) is 0 Å². The van der Waals surface area contributed by atoms with Gasteiger partial charge in [-0.15, -0.1) is 0 Å². The van der Waals surface area contributed by atoms with Crippen LogP contribution in [0.4, 0.5) is 0 Å². The molecule has 1 amide bonds. The number of nitrogens with one attached hydrogen (secondary N) is 1. The first-order valence-corrected chi connectivity index (χ1v) is 4.25. The summed E-state index contributed by atoms with van der Waals surface area (Å²) in [5.41, 5.74) is 1.59. The molecule has 1 saturated heterocycles. The highest BCUT2D eigenvalue weighted by Gasteiger charge is 2.43. The molecule has 0 aliphatic carbocycles. The van der Waals surface area contributed by atoms with Crippen molar-refractivity contribution in [2.24, 2.45) is 0 Å². The summed E-state index contributed by atoms with van der Waals surface area (Å²) in [6.45, 7) is 3.60. The molecule has 1 heterocycles. The molecule has 1 aliphatic heterocycles. The molecule has 0 spiro atoms. The number of amides is 1. The summed E-state index contributed by atoms with van der Waals surface area (Å²) in [7, 11) is 0. The standard InChI is InChI=1S/C8H14N2O3/c1-6(11)9-10-5-3-4-8(10,2)7(12)13/h3-5H2,1-2H3,(H,9,11)(H,12,13)/t8-/m0/s1. The molecule has 5 heteroatoms. The second-order valence-corrected chi connectivity index (χ2v) is 3.50. The number of hydrogen-bond acceptors (Lipinski definition) is 3. The van der Waals surface area contributed by atoms with E-state index in [9.17, 15) is 9.59 Å². The van der Waals surface area contributed by atoms with E-state index in [1.165, 1.54) is 11.9 Å². The Hall–Kier alpha value is -1.10. The molecule has 0 saturated carbocycles. The number of hydrogen-bond donors (Lipinski definition) is 2. The lowest BCUT2D eigenvalue weighted by atomic mass is 10.0. The number of carboxylic acid groups (broad SMARTS) is 1. The fraction of sp³-hybridized carbons (Fsp3) is 0.750. The molecule has 1 rings (SSSR count). The third kappa shape index (κ3) is 1.80. The normalized spacial score (nSPS) is 28.8. The van der Waals surface area contributed by atoms with Crippen LogP contribution < -0.4 is 5.43 Å². The van der Waals surface area contributed by atoms with E-state index >= 15 is 0 Å². The summed E-state index contributed by atoms with van der Waals surface area (Å²) in [6.07, 6.45) is 1.37. The van der Waals surface area contributed by atoms with E-state index in [-0.39, 0.29) is 5.91 Å². The fourth-order valence-corrected chi connectivity index (χ4v) is 1.55. The van der Waals surface area contributed by atoms with Crippen LogP contribution in [0.5, 0.6) is 0 Å². The first-order chi connectivity index (χ1) is 5.97. The average molecular weight is 186 g/mol. The van der Waals surface area contributed by atoms with E-state index in [0.29, 0.717) is 13.0 Å². The first kappa shape index (κ1) is 9.98. The zero-order chi connectivity index (χ0) is 10.1. The van der Waals surface area contributed by atoms with Gasteiger partial charge in [0.1, 0.15) is 5.54 Å². The minimum Gasteiger partial charge on any atom is -0.480 e. The molecule has 5 nitrogen and oxygen atoms in total. The van der Waals surface area contributed by atoms with Crippen molar-refractivity contribution in [2.75, 3.05) is 6.54 Å². The Labute approximate surface area is 76.7 Å². The summed E-state index contributed by atoms with van der Waals surface area (Å²) in [5.74, 6) is -1.12. The minimum absolute atomic E-state index is 0.227. The topological polar surface area (TPSA) is 69.6 Å². The van der Waals surface area contributed by atoms with Crippen LogP contribution in [0.25, 0.3) is 0 Å². The second kappa shape index (κ2) is 3.33. The van der Waals surface area contributed by atoms with Gasteiger partial charge in [0, 0.05) is 13.5 Å². The molecule has 0 unspecified atom stereocenters. The third-order valence-corrected chi connectivity index (χ3v) is 2.39. The summed E-state index contributed by atoms with van der Waals surface area (Å²) in [4.78, 5) is 21.7. The van der Waals surface area contributed by atoms with Crippen LogP contribution in [0.1, 0.15) is 26.7 Å². The van der Waals surface area contributed by atoms with Crippen molar-refractivity contribution in [2.45, 2.75) is 32.2 Å². The molecule has 0 aromatic heterocycles. The van der Waals surface area contributed by atoms with Crippen LogP contribution >= 0.6 is 0 Å². The SMILES string of the molecule is CC(=O)NN1CCC[C@@]1(C)C(=O)O. The lowest BCUT2D eigenvalue weighted by Gasteiger charge is -2.30. The van der Waals surface area contributed by atoms with Gasteiger partial charge in [0.2, 0.25) is 5.91 Å². The smallest absolute Gasteiger partial charge is 0.325 e. The van der Waals surface area contributed by atoms with Gasteiger partial charge in [0.25, 0.3) is 0 Å². The van der Waals surface area contributed by atoms with Gasteiger partial charge in [0.15, 0.2) is 0 Å². The highest BCUT2D eigenvalue weighted by molar-refractivity contribution is 5.80. The molecule has 2 N–H and O–H groups in total. The van der Waals surface area contributed by atoms with Crippen LogP contribution in [-0.2, 0) is 9.59 Å². The van der Waals surface area contributed by atoms with Crippen molar-refractivity contribution < 1.29 is 14.7 Å². The molecule has 0 aromatic carbocycles. The molecule has 1 fully saturated rings. The molecule has 0 aromatic rings. The predicted molar refractivity (Wildman–Crippen MR) is 45.8 cm³/mol. The summed E-state index contributed by atoms with van der Waals surface area (Å²) < 4.78 is 0. The monoisotopic (exact) mass is 186 g/mol. The quantitative estimate of drug-likeness (QED) is 0.635. The zero-order valence-corrected chi connectivity index (χ0v) is 7.83. The maximum Gasteiger partial charge on any atom is 0.325 e. The number of rotatable bonds is 2. The summed E-state index contributed by atoms with van der Waals surface area (Å²) >= 11 is 0. The van der Waals surface area contributed by atoms with Crippen molar-refractivity contribution in [3.8, 4) is 0 Å². The Morgan fingerprint density at radius 2 is 2.15 bits per heavy atom. The largest absolute Gasteiger partial charge is 0.480 e. The van der Waals surface area contributed by atoms with Crippen molar-refractivity contribution in [3.05, 3.63) is 0 Å². The minimum atomic E-state index is -0.939. The van der Waals surface area contributed by atoms with Crippen LogP contribution in [0.2, 0.25) is 0 Å². The highest BCUT2D eigenvalue weighted by atomic mass is 16.4. The molecule has 74 valence electrons. The fourth-order valence-electron chi connectivity index (χ4n) is 1.55. The Balaban J connectivity index is 2.73. The van der Waals surface area contributed by atoms with Crippen LogP contribution in [-0.4, -0.2) is 34.1 Å². The molecular formula is C8H14N2O3. The van der Waals surface area contributed by atoms with Gasteiger partial charge in [0.05, 0.1) is 0 Å². The number of carboxylic acids is 1. The van der Waals surface area contributed by atoms with Crippen LogP contribution in [0, 0.1) is 0 Å². The number of hydrazine groups is 1. The maximum absolute atomic E-state index is 10.9.